The van der Waals surface area contributed by atoms with Crippen molar-refractivity contribution in [2.24, 2.45) is 0 Å². The minimum atomic E-state index is -0.0634. The third-order valence-corrected chi connectivity index (χ3v) is 9.37. The van der Waals surface area contributed by atoms with E-state index < -0.39 is 0 Å². The zero-order valence-electron chi connectivity index (χ0n) is 21.2. The lowest BCUT2D eigenvalue weighted by molar-refractivity contribution is 0.102. The van der Waals surface area contributed by atoms with E-state index in [1.54, 1.807) is 41.2 Å². The number of Topliss-reactive ketones (excluding diaryl/α,β-unsaturated/α-hetero) is 1. The number of methoxy groups -OCH3 is 1. The Bertz CT molecular complexity index is 1540. The lowest BCUT2D eigenvalue weighted by Crippen LogP contribution is -2.35. The summed E-state index contributed by atoms with van der Waals surface area (Å²) in [5.74, 6) is 0.785. The molecule has 3 heterocycles. The molecule has 4 aromatic rings. The maximum absolute atomic E-state index is 14.0. The molecule has 1 aliphatic heterocycles. The Hall–Kier alpha value is -2.46. The van der Waals surface area contributed by atoms with Gasteiger partial charge in [0.2, 0.25) is 0 Å². The number of ketones is 1. The maximum atomic E-state index is 14.0. The zero-order chi connectivity index (χ0) is 26.3. The molecule has 2 aromatic heterocycles. The van der Waals surface area contributed by atoms with Gasteiger partial charge in [-0.1, -0.05) is 29.5 Å². The van der Waals surface area contributed by atoms with Gasteiger partial charge in [0.1, 0.15) is 10.6 Å². The van der Waals surface area contributed by atoms with Crippen molar-refractivity contribution in [1.82, 2.24) is 14.5 Å². The molecule has 0 unspecified atom stereocenters. The summed E-state index contributed by atoms with van der Waals surface area (Å²) in [5.41, 5.74) is 3.51. The summed E-state index contributed by atoms with van der Waals surface area (Å²) in [6.45, 7) is 8.20. The number of nitrogens with zero attached hydrogens (tertiary/aromatic N) is 3. The number of ether oxygens (including phenoxy) is 1. The Kier molecular flexibility index (Phi) is 7.58. The summed E-state index contributed by atoms with van der Waals surface area (Å²) >= 11 is 6.36. The third kappa shape index (κ3) is 5.14. The molecule has 0 atom stereocenters. The van der Waals surface area contributed by atoms with Gasteiger partial charge in [0.05, 0.1) is 28.4 Å². The van der Waals surface area contributed by atoms with Crippen LogP contribution in [-0.4, -0.2) is 45.7 Å². The smallest absolute Gasteiger partial charge is 0.267 e. The van der Waals surface area contributed by atoms with E-state index in [9.17, 15) is 9.59 Å². The van der Waals surface area contributed by atoms with Gasteiger partial charge >= 0.3 is 0 Å². The van der Waals surface area contributed by atoms with Crippen molar-refractivity contribution in [3.8, 4) is 11.4 Å². The molecular formula is C28H28BrN3O3S2. The first-order chi connectivity index (χ1) is 17.8. The van der Waals surface area contributed by atoms with E-state index in [1.807, 2.05) is 31.2 Å². The standard InChI is InChI=1S/C28H28BrN3O3S2/c1-16(2)31-12-11-20-24(14-31)37-26-25(20)27(34)32(19-8-5-17(3)6-9-19)28(30-26)36-15-22(33)18-7-10-23(35-4)21(29)13-18/h5-10,13,16H,11-12,14-15H2,1-4H3. The van der Waals surface area contributed by atoms with Crippen molar-refractivity contribution in [3.05, 3.63) is 78.9 Å². The van der Waals surface area contributed by atoms with Crippen LogP contribution in [0.1, 0.15) is 40.2 Å². The highest BCUT2D eigenvalue weighted by atomic mass is 79.9. The molecule has 0 spiro atoms. The number of benzene rings is 2. The van der Waals surface area contributed by atoms with Gasteiger partial charge in [-0.25, -0.2) is 4.98 Å². The fraction of sp³-hybridized carbons (Fsp3) is 0.321. The quantitative estimate of drug-likeness (QED) is 0.142. The van der Waals surface area contributed by atoms with Gasteiger partial charge < -0.3 is 4.74 Å². The molecule has 0 saturated carbocycles. The average Bonchev–Trinajstić information content (AvgIpc) is 3.25. The number of carbonyl (C=O) groups is 1. The van der Waals surface area contributed by atoms with Crippen molar-refractivity contribution >= 4 is 55.0 Å². The van der Waals surface area contributed by atoms with Crippen molar-refractivity contribution in [2.75, 3.05) is 19.4 Å². The Morgan fingerprint density at radius 2 is 1.97 bits per heavy atom. The van der Waals surface area contributed by atoms with E-state index in [2.05, 4.69) is 34.7 Å². The Balaban J connectivity index is 1.55. The summed E-state index contributed by atoms with van der Waals surface area (Å²) in [6.07, 6.45) is 0.843. The molecule has 5 rings (SSSR count). The summed E-state index contributed by atoms with van der Waals surface area (Å²) < 4.78 is 7.67. The predicted octanol–water partition coefficient (Wildman–Crippen LogP) is 6.27. The molecule has 1 aliphatic rings. The van der Waals surface area contributed by atoms with E-state index in [4.69, 9.17) is 9.72 Å². The lowest BCUT2D eigenvalue weighted by Gasteiger charge is -2.30. The number of hydrogen-bond donors (Lipinski definition) is 0. The van der Waals surface area contributed by atoms with Crippen molar-refractivity contribution < 1.29 is 9.53 Å². The number of rotatable bonds is 7. The first kappa shape index (κ1) is 26.2. The second-order valence-electron chi connectivity index (χ2n) is 9.43. The molecule has 0 bridgehead atoms. The van der Waals surface area contributed by atoms with E-state index in [0.29, 0.717) is 22.5 Å². The highest BCUT2D eigenvalue weighted by Crippen LogP contribution is 2.35. The second-order valence-corrected chi connectivity index (χ2v) is 12.3. The number of thioether (sulfide) groups is 1. The second kappa shape index (κ2) is 10.7. The number of halogens is 1. The van der Waals surface area contributed by atoms with Gasteiger partial charge in [-0.15, -0.1) is 11.3 Å². The summed E-state index contributed by atoms with van der Waals surface area (Å²) in [4.78, 5) is 36.4. The van der Waals surface area contributed by atoms with Crippen molar-refractivity contribution in [3.63, 3.8) is 0 Å². The fourth-order valence-corrected chi connectivity index (χ4v) is 7.29. The Morgan fingerprint density at radius 3 is 2.65 bits per heavy atom. The van der Waals surface area contributed by atoms with E-state index in [1.165, 1.54) is 16.6 Å². The molecule has 0 fully saturated rings. The van der Waals surface area contributed by atoms with Crippen LogP contribution in [0.25, 0.3) is 15.9 Å². The first-order valence-corrected chi connectivity index (χ1v) is 14.7. The Morgan fingerprint density at radius 1 is 1.22 bits per heavy atom. The minimum Gasteiger partial charge on any atom is -0.496 e. The molecule has 0 saturated heterocycles. The van der Waals surface area contributed by atoms with Crippen molar-refractivity contribution in [2.45, 2.75) is 44.9 Å². The Labute approximate surface area is 232 Å². The van der Waals surface area contributed by atoms with E-state index in [-0.39, 0.29) is 17.1 Å². The van der Waals surface area contributed by atoms with Gasteiger partial charge in [0.25, 0.3) is 5.56 Å². The van der Waals surface area contributed by atoms with Crippen LogP contribution in [0.3, 0.4) is 0 Å². The van der Waals surface area contributed by atoms with Crippen molar-refractivity contribution in [1.29, 1.82) is 0 Å². The SMILES string of the molecule is COc1ccc(C(=O)CSc2nc3sc4c(c3c(=O)n2-c2ccc(C)cc2)CCN(C(C)C)C4)cc1Br. The number of aromatic nitrogens is 2. The summed E-state index contributed by atoms with van der Waals surface area (Å²) in [5, 5.41) is 1.25. The molecule has 0 amide bonds. The molecule has 9 heteroatoms. The molecule has 0 N–H and O–H groups in total. The molecule has 6 nitrogen and oxygen atoms in total. The van der Waals surface area contributed by atoms with Crippen LogP contribution in [0.15, 0.2) is 56.9 Å². The number of carbonyl (C=O) groups excluding carboxylic acids is 1. The summed E-state index contributed by atoms with van der Waals surface area (Å²) in [6, 6.07) is 13.6. The fourth-order valence-electron chi connectivity index (χ4n) is 4.56. The molecule has 192 valence electrons. The maximum Gasteiger partial charge on any atom is 0.267 e. The normalized spacial score (nSPS) is 13.8. The van der Waals surface area contributed by atoms with Crippen LogP contribution in [0.2, 0.25) is 0 Å². The number of aryl methyl sites for hydroxylation is 1. The van der Waals surface area contributed by atoms with Crippen LogP contribution in [0, 0.1) is 6.92 Å². The van der Waals surface area contributed by atoms with Gasteiger partial charge in [-0.2, -0.15) is 0 Å². The molecule has 2 aromatic carbocycles. The minimum absolute atomic E-state index is 0.0452. The lowest BCUT2D eigenvalue weighted by atomic mass is 10.0. The van der Waals surface area contributed by atoms with E-state index >= 15 is 0 Å². The topological polar surface area (TPSA) is 64.4 Å². The van der Waals surface area contributed by atoms with Gasteiger partial charge in [0, 0.05) is 29.6 Å². The number of fused-ring (bicyclic) bond motifs is 3. The summed E-state index contributed by atoms with van der Waals surface area (Å²) in [7, 11) is 1.59. The predicted molar refractivity (Wildman–Crippen MR) is 155 cm³/mol. The van der Waals surface area contributed by atoms with Gasteiger partial charge in [-0.05, 0) is 79.0 Å². The number of hydrogen-bond acceptors (Lipinski definition) is 7. The van der Waals surface area contributed by atoms with Gasteiger partial charge in [0.15, 0.2) is 10.9 Å². The molecule has 0 radical (unpaired) electrons. The molecular weight excluding hydrogens is 570 g/mol. The van der Waals surface area contributed by atoms with Crippen LogP contribution < -0.4 is 10.3 Å². The zero-order valence-corrected chi connectivity index (χ0v) is 24.4. The first-order valence-electron chi connectivity index (χ1n) is 12.1. The third-order valence-electron chi connectivity index (χ3n) is 6.70. The monoisotopic (exact) mass is 597 g/mol. The highest BCUT2D eigenvalue weighted by Gasteiger charge is 2.27. The van der Waals surface area contributed by atoms with Crippen LogP contribution in [-0.2, 0) is 13.0 Å². The van der Waals surface area contributed by atoms with Crippen LogP contribution in [0.5, 0.6) is 5.75 Å². The molecule has 0 aliphatic carbocycles. The number of thiophene rings is 1. The van der Waals surface area contributed by atoms with Crippen LogP contribution in [0.4, 0.5) is 0 Å². The van der Waals surface area contributed by atoms with Gasteiger partial charge in [-0.3, -0.25) is 19.1 Å². The largest absolute Gasteiger partial charge is 0.496 e. The van der Waals surface area contributed by atoms with E-state index in [0.717, 1.165) is 51.0 Å². The molecule has 37 heavy (non-hydrogen) atoms. The van der Waals surface area contributed by atoms with Crippen LogP contribution >= 0.6 is 39.0 Å². The average molecular weight is 599 g/mol. The highest BCUT2D eigenvalue weighted by molar-refractivity contribution is 9.10.